The van der Waals surface area contributed by atoms with E-state index in [-0.39, 0.29) is 12.6 Å². The summed E-state index contributed by atoms with van der Waals surface area (Å²) in [5.41, 5.74) is -1.55. The maximum absolute atomic E-state index is 12.5. The van der Waals surface area contributed by atoms with Gasteiger partial charge in [-0.1, -0.05) is 12.5 Å². The van der Waals surface area contributed by atoms with Gasteiger partial charge >= 0.3 is 6.18 Å². The molecule has 0 amide bonds. The molecular weight excluding hydrogens is 261 g/mol. The van der Waals surface area contributed by atoms with E-state index in [1.807, 2.05) is 0 Å². The van der Waals surface area contributed by atoms with Gasteiger partial charge in [-0.25, -0.2) is 4.98 Å². The van der Waals surface area contributed by atoms with E-state index in [1.165, 1.54) is 0 Å². The van der Waals surface area contributed by atoms with Crippen LogP contribution in [0.3, 0.4) is 0 Å². The topological polar surface area (TPSA) is 65.4 Å². The first-order valence-corrected chi connectivity index (χ1v) is 6.02. The predicted octanol–water partition coefficient (Wildman–Crippen LogP) is 1.38. The molecule has 0 spiro atoms. The lowest BCUT2D eigenvalue weighted by Crippen LogP contribution is -2.45. The van der Waals surface area contributed by atoms with Gasteiger partial charge in [-0.2, -0.15) is 13.2 Å². The van der Waals surface area contributed by atoms with Crippen LogP contribution in [-0.4, -0.2) is 27.8 Å². The van der Waals surface area contributed by atoms with Crippen LogP contribution in [0.15, 0.2) is 18.2 Å². The number of alkyl halides is 3. The van der Waals surface area contributed by atoms with Crippen LogP contribution in [0.2, 0.25) is 0 Å². The molecule has 0 saturated heterocycles. The normalized spacial score (nSPS) is 17.3. The second-order valence-corrected chi connectivity index (χ2v) is 4.73. The highest BCUT2D eigenvalue weighted by atomic mass is 19.4. The Kier molecular flexibility index (Phi) is 3.80. The molecule has 0 unspecified atom stereocenters. The number of rotatable bonds is 4. The van der Waals surface area contributed by atoms with Crippen LogP contribution in [-0.2, 0) is 12.0 Å². The molecule has 1 fully saturated rings. The Morgan fingerprint density at radius 2 is 1.84 bits per heavy atom. The second kappa shape index (κ2) is 5.07. The molecule has 106 valence electrons. The van der Waals surface area contributed by atoms with Gasteiger partial charge in [0.1, 0.15) is 11.4 Å². The van der Waals surface area contributed by atoms with E-state index in [4.69, 9.17) is 0 Å². The van der Waals surface area contributed by atoms with E-state index in [0.717, 1.165) is 37.5 Å². The summed E-state index contributed by atoms with van der Waals surface area (Å²) in [7, 11) is 0. The number of nitrogens with one attached hydrogen (secondary N) is 1. The Bertz CT molecular complexity index is 445. The van der Waals surface area contributed by atoms with Gasteiger partial charge in [0.2, 0.25) is 5.79 Å². The minimum absolute atomic E-state index is 0.199. The number of hydrogen-bond donors (Lipinski definition) is 3. The summed E-state index contributed by atoms with van der Waals surface area (Å²) in [5.74, 6) is -2.41. The van der Waals surface area contributed by atoms with Crippen molar-refractivity contribution in [3.63, 3.8) is 0 Å². The molecule has 1 saturated carbocycles. The van der Waals surface area contributed by atoms with Gasteiger partial charge in [0, 0.05) is 6.04 Å². The van der Waals surface area contributed by atoms with Crippen LogP contribution >= 0.6 is 0 Å². The molecule has 1 heterocycles. The molecular formula is C12H15F3N2O2. The molecule has 1 aliphatic rings. The standard InChI is InChI=1S/C12H15F3N2O2/c13-12(14,15)10-6-2-5-9(17-10)11(18,19)7-16-8-3-1-4-8/h2,5-6,8,16,18-19H,1,3-4,7H2. The van der Waals surface area contributed by atoms with Gasteiger partial charge in [0.15, 0.2) is 0 Å². The van der Waals surface area contributed by atoms with Gasteiger partial charge in [0.05, 0.1) is 6.54 Å². The molecule has 1 aromatic rings. The van der Waals surface area contributed by atoms with Crippen molar-refractivity contribution in [3.8, 4) is 0 Å². The number of pyridine rings is 1. The van der Waals surface area contributed by atoms with E-state index >= 15 is 0 Å². The van der Waals surface area contributed by atoms with E-state index in [0.29, 0.717) is 0 Å². The average Bonchev–Trinajstić information content (AvgIpc) is 2.26. The predicted molar refractivity (Wildman–Crippen MR) is 61.0 cm³/mol. The maximum Gasteiger partial charge on any atom is 0.433 e. The number of aromatic nitrogens is 1. The highest BCUT2D eigenvalue weighted by molar-refractivity contribution is 5.17. The fraction of sp³-hybridized carbons (Fsp3) is 0.583. The van der Waals surface area contributed by atoms with Gasteiger partial charge in [0.25, 0.3) is 0 Å². The Morgan fingerprint density at radius 1 is 1.21 bits per heavy atom. The molecule has 3 N–H and O–H groups in total. The summed E-state index contributed by atoms with van der Waals surface area (Å²) in [6, 6.07) is 3.26. The molecule has 0 atom stereocenters. The van der Waals surface area contributed by atoms with Crippen molar-refractivity contribution >= 4 is 0 Å². The van der Waals surface area contributed by atoms with Crippen molar-refractivity contribution in [2.45, 2.75) is 37.3 Å². The molecule has 0 bridgehead atoms. The van der Waals surface area contributed by atoms with Crippen LogP contribution in [0.25, 0.3) is 0 Å². The minimum atomic E-state index is -4.60. The van der Waals surface area contributed by atoms with E-state index < -0.39 is 23.4 Å². The SMILES string of the molecule is OC(O)(CNC1CCC1)c1cccc(C(F)(F)F)n1. The Morgan fingerprint density at radius 3 is 2.37 bits per heavy atom. The fourth-order valence-corrected chi connectivity index (χ4v) is 1.81. The highest BCUT2D eigenvalue weighted by Gasteiger charge is 2.36. The van der Waals surface area contributed by atoms with Crippen molar-refractivity contribution in [3.05, 3.63) is 29.6 Å². The molecule has 1 aromatic heterocycles. The molecule has 0 aromatic carbocycles. The highest BCUT2D eigenvalue weighted by Crippen LogP contribution is 2.29. The van der Waals surface area contributed by atoms with Gasteiger partial charge in [-0.15, -0.1) is 0 Å². The molecule has 1 aliphatic carbocycles. The first-order chi connectivity index (χ1) is 8.79. The van der Waals surface area contributed by atoms with Crippen molar-refractivity contribution in [2.24, 2.45) is 0 Å². The number of nitrogens with zero attached hydrogens (tertiary/aromatic N) is 1. The number of hydrogen-bond acceptors (Lipinski definition) is 4. The Hall–Kier alpha value is -1.18. The number of aliphatic hydroxyl groups is 2. The van der Waals surface area contributed by atoms with Crippen molar-refractivity contribution in [1.82, 2.24) is 10.3 Å². The average molecular weight is 276 g/mol. The summed E-state index contributed by atoms with van der Waals surface area (Å²) in [6.45, 7) is -0.244. The summed E-state index contributed by atoms with van der Waals surface area (Å²) in [4.78, 5) is 3.27. The lowest BCUT2D eigenvalue weighted by molar-refractivity contribution is -0.172. The lowest BCUT2D eigenvalue weighted by atomic mass is 9.93. The number of halogens is 3. The van der Waals surface area contributed by atoms with Crippen LogP contribution in [0, 0.1) is 0 Å². The van der Waals surface area contributed by atoms with Gasteiger partial charge < -0.3 is 15.5 Å². The third-order valence-electron chi connectivity index (χ3n) is 3.19. The largest absolute Gasteiger partial charge is 0.433 e. The van der Waals surface area contributed by atoms with Gasteiger partial charge in [-0.05, 0) is 25.0 Å². The summed E-state index contributed by atoms with van der Waals surface area (Å²) < 4.78 is 37.5. The fourth-order valence-electron chi connectivity index (χ4n) is 1.81. The smallest absolute Gasteiger partial charge is 0.360 e. The van der Waals surface area contributed by atoms with Crippen LogP contribution in [0.5, 0.6) is 0 Å². The molecule has 19 heavy (non-hydrogen) atoms. The zero-order valence-corrected chi connectivity index (χ0v) is 10.1. The zero-order chi connectivity index (χ0) is 14.1. The van der Waals surface area contributed by atoms with E-state index in [2.05, 4.69) is 10.3 Å². The van der Waals surface area contributed by atoms with E-state index in [1.54, 1.807) is 0 Å². The molecule has 2 rings (SSSR count). The molecule has 0 radical (unpaired) electrons. The van der Waals surface area contributed by atoms with Crippen LogP contribution < -0.4 is 5.32 Å². The third kappa shape index (κ3) is 3.43. The molecule has 4 nitrogen and oxygen atoms in total. The second-order valence-electron chi connectivity index (χ2n) is 4.73. The summed E-state index contributed by atoms with van der Waals surface area (Å²) in [5, 5.41) is 22.5. The van der Waals surface area contributed by atoms with Crippen LogP contribution in [0.1, 0.15) is 30.7 Å². The first kappa shape index (κ1) is 14.2. The van der Waals surface area contributed by atoms with Crippen molar-refractivity contribution in [1.29, 1.82) is 0 Å². The maximum atomic E-state index is 12.5. The minimum Gasteiger partial charge on any atom is -0.360 e. The monoisotopic (exact) mass is 276 g/mol. The quantitative estimate of drug-likeness (QED) is 0.727. The molecule has 7 heteroatoms. The van der Waals surface area contributed by atoms with Crippen molar-refractivity contribution < 1.29 is 23.4 Å². The van der Waals surface area contributed by atoms with Crippen molar-refractivity contribution in [2.75, 3.05) is 6.54 Å². The van der Waals surface area contributed by atoms with Gasteiger partial charge in [-0.3, -0.25) is 0 Å². The first-order valence-electron chi connectivity index (χ1n) is 6.02. The summed E-state index contributed by atoms with van der Waals surface area (Å²) >= 11 is 0. The third-order valence-corrected chi connectivity index (χ3v) is 3.19. The molecule has 0 aliphatic heterocycles. The zero-order valence-electron chi connectivity index (χ0n) is 10.1. The van der Waals surface area contributed by atoms with E-state index in [9.17, 15) is 23.4 Å². The Labute approximate surface area is 108 Å². The lowest BCUT2D eigenvalue weighted by Gasteiger charge is -2.30. The van der Waals surface area contributed by atoms with Crippen LogP contribution in [0.4, 0.5) is 13.2 Å². The summed E-state index contributed by atoms with van der Waals surface area (Å²) in [6.07, 6.45) is -1.66. The Balaban J connectivity index is 2.10.